The van der Waals surface area contributed by atoms with E-state index in [2.05, 4.69) is 34.2 Å². The van der Waals surface area contributed by atoms with Crippen LogP contribution in [0.1, 0.15) is 39.0 Å². The van der Waals surface area contributed by atoms with Gasteiger partial charge >= 0.3 is 0 Å². The van der Waals surface area contributed by atoms with Gasteiger partial charge in [-0.2, -0.15) is 0 Å². The zero-order chi connectivity index (χ0) is 13.0. The number of rotatable bonds is 4. The van der Waals surface area contributed by atoms with Crippen LogP contribution >= 0.6 is 15.9 Å². The van der Waals surface area contributed by atoms with E-state index in [0.29, 0.717) is 6.04 Å². The van der Waals surface area contributed by atoms with Crippen LogP contribution in [0, 0.1) is 5.92 Å². The zero-order valence-electron chi connectivity index (χ0n) is 11.2. The molecule has 2 unspecified atom stereocenters. The first kappa shape index (κ1) is 13.7. The van der Waals surface area contributed by atoms with Gasteiger partial charge in [0, 0.05) is 16.6 Å². The van der Waals surface area contributed by atoms with Gasteiger partial charge in [0.2, 0.25) is 0 Å². The molecule has 1 aromatic rings. The summed E-state index contributed by atoms with van der Waals surface area (Å²) in [6.07, 6.45) is 6.63. The van der Waals surface area contributed by atoms with Crippen LogP contribution in [0.3, 0.4) is 0 Å². The van der Waals surface area contributed by atoms with Crippen molar-refractivity contribution in [2.24, 2.45) is 5.92 Å². The molecule has 2 nitrogen and oxygen atoms in total. The molecule has 0 saturated heterocycles. The van der Waals surface area contributed by atoms with Gasteiger partial charge < -0.3 is 10.1 Å². The Kier molecular flexibility index (Phi) is 4.93. The molecule has 1 fully saturated rings. The first-order chi connectivity index (χ1) is 8.74. The molecule has 0 aromatic heterocycles. The fraction of sp³-hybridized carbons (Fsp3) is 0.600. The fourth-order valence-electron chi connectivity index (χ4n) is 2.83. The lowest BCUT2D eigenvalue weighted by molar-refractivity contribution is 0.317. The second-order valence-corrected chi connectivity index (χ2v) is 5.90. The van der Waals surface area contributed by atoms with Crippen LogP contribution in [0.5, 0.6) is 5.75 Å². The molecule has 1 aliphatic rings. The van der Waals surface area contributed by atoms with E-state index in [9.17, 15) is 0 Å². The lowest BCUT2D eigenvalue weighted by atomic mass is 9.83. The van der Waals surface area contributed by atoms with Gasteiger partial charge in [-0.15, -0.1) is 0 Å². The van der Waals surface area contributed by atoms with Gasteiger partial charge in [0.25, 0.3) is 0 Å². The second kappa shape index (κ2) is 6.46. The van der Waals surface area contributed by atoms with E-state index in [1.54, 1.807) is 7.11 Å². The lowest BCUT2D eigenvalue weighted by Gasteiger charge is -2.32. The van der Waals surface area contributed by atoms with E-state index >= 15 is 0 Å². The Morgan fingerprint density at radius 1 is 1.33 bits per heavy atom. The number of nitrogens with one attached hydrogen (secondary N) is 1. The SMILES string of the molecule is CCC1CCCCC1Nc1cc(OC)ccc1Br. The summed E-state index contributed by atoms with van der Waals surface area (Å²) in [5, 5.41) is 3.70. The summed E-state index contributed by atoms with van der Waals surface area (Å²) in [6.45, 7) is 2.30. The summed E-state index contributed by atoms with van der Waals surface area (Å²) in [6, 6.07) is 6.70. The van der Waals surface area contributed by atoms with Crippen molar-refractivity contribution in [2.45, 2.75) is 45.1 Å². The Bertz CT molecular complexity index is 394. The molecule has 0 bridgehead atoms. The van der Waals surface area contributed by atoms with Crippen LogP contribution < -0.4 is 10.1 Å². The largest absolute Gasteiger partial charge is 0.497 e. The molecule has 0 heterocycles. The Labute approximate surface area is 118 Å². The minimum absolute atomic E-state index is 0.604. The average molecular weight is 312 g/mol. The second-order valence-electron chi connectivity index (χ2n) is 5.05. The van der Waals surface area contributed by atoms with Gasteiger partial charge in [-0.3, -0.25) is 0 Å². The molecular weight excluding hydrogens is 290 g/mol. The highest BCUT2D eigenvalue weighted by atomic mass is 79.9. The topological polar surface area (TPSA) is 21.3 Å². The number of benzene rings is 1. The Morgan fingerprint density at radius 2 is 2.11 bits per heavy atom. The maximum absolute atomic E-state index is 5.29. The summed E-state index contributed by atoms with van der Waals surface area (Å²) in [4.78, 5) is 0. The van der Waals surface area contributed by atoms with Crippen molar-refractivity contribution >= 4 is 21.6 Å². The molecule has 0 spiro atoms. The molecule has 0 amide bonds. The van der Waals surface area contributed by atoms with Crippen molar-refractivity contribution in [3.63, 3.8) is 0 Å². The standard InChI is InChI=1S/C15H22BrNO/c1-3-11-6-4-5-7-14(11)17-15-10-12(18-2)8-9-13(15)16/h8-11,14,17H,3-7H2,1-2H3. The van der Waals surface area contributed by atoms with Gasteiger partial charge in [0.1, 0.15) is 5.75 Å². The van der Waals surface area contributed by atoms with E-state index in [1.165, 1.54) is 32.1 Å². The van der Waals surface area contributed by atoms with Crippen molar-refractivity contribution in [2.75, 3.05) is 12.4 Å². The minimum Gasteiger partial charge on any atom is -0.497 e. The monoisotopic (exact) mass is 311 g/mol. The van der Waals surface area contributed by atoms with Gasteiger partial charge in [-0.05, 0) is 46.8 Å². The molecule has 1 saturated carbocycles. The summed E-state index contributed by atoms with van der Waals surface area (Å²) in [5.41, 5.74) is 1.15. The van der Waals surface area contributed by atoms with Crippen molar-refractivity contribution in [1.82, 2.24) is 0 Å². The van der Waals surface area contributed by atoms with E-state index in [-0.39, 0.29) is 0 Å². The molecule has 2 rings (SSSR count). The number of ether oxygens (including phenoxy) is 1. The summed E-state index contributed by atoms with van der Waals surface area (Å²) >= 11 is 3.61. The van der Waals surface area contributed by atoms with Crippen molar-refractivity contribution in [3.05, 3.63) is 22.7 Å². The van der Waals surface area contributed by atoms with Crippen LogP contribution in [0.4, 0.5) is 5.69 Å². The Hall–Kier alpha value is -0.700. The van der Waals surface area contributed by atoms with Crippen molar-refractivity contribution in [3.8, 4) is 5.75 Å². The molecule has 3 heteroatoms. The average Bonchev–Trinajstić information content (AvgIpc) is 2.42. The highest BCUT2D eigenvalue weighted by Crippen LogP contribution is 2.33. The van der Waals surface area contributed by atoms with Gasteiger partial charge in [0.15, 0.2) is 0 Å². The first-order valence-corrected chi connectivity index (χ1v) is 7.64. The van der Waals surface area contributed by atoms with Crippen LogP contribution in [0.2, 0.25) is 0 Å². The van der Waals surface area contributed by atoms with E-state index in [1.807, 2.05) is 12.1 Å². The summed E-state index contributed by atoms with van der Waals surface area (Å²) < 4.78 is 6.41. The first-order valence-electron chi connectivity index (χ1n) is 6.84. The maximum atomic E-state index is 5.29. The molecule has 0 aliphatic heterocycles. The molecule has 18 heavy (non-hydrogen) atoms. The molecule has 0 radical (unpaired) electrons. The fourth-order valence-corrected chi connectivity index (χ4v) is 3.19. The normalized spacial score (nSPS) is 23.7. The summed E-state index contributed by atoms with van der Waals surface area (Å²) in [5.74, 6) is 1.71. The molecule has 1 aromatic carbocycles. The van der Waals surface area contributed by atoms with Crippen molar-refractivity contribution in [1.29, 1.82) is 0 Å². The van der Waals surface area contributed by atoms with Crippen molar-refractivity contribution < 1.29 is 4.74 Å². The van der Waals surface area contributed by atoms with Crippen LogP contribution in [-0.4, -0.2) is 13.2 Å². The van der Waals surface area contributed by atoms with Gasteiger partial charge in [-0.25, -0.2) is 0 Å². The highest BCUT2D eigenvalue weighted by Gasteiger charge is 2.23. The van der Waals surface area contributed by atoms with Crippen LogP contribution in [-0.2, 0) is 0 Å². The zero-order valence-corrected chi connectivity index (χ0v) is 12.8. The summed E-state index contributed by atoms with van der Waals surface area (Å²) in [7, 11) is 1.71. The number of hydrogen-bond acceptors (Lipinski definition) is 2. The highest BCUT2D eigenvalue weighted by molar-refractivity contribution is 9.10. The lowest BCUT2D eigenvalue weighted by Crippen LogP contribution is -2.31. The van der Waals surface area contributed by atoms with E-state index in [4.69, 9.17) is 4.74 Å². The number of methoxy groups -OCH3 is 1. The third-order valence-corrected chi connectivity index (χ3v) is 4.64. The molecule has 100 valence electrons. The third-order valence-electron chi connectivity index (χ3n) is 3.95. The predicted molar refractivity (Wildman–Crippen MR) is 80.4 cm³/mol. The van der Waals surface area contributed by atoms with Crippen LogP contribution in [0.15, 0.2) is 22.7 Å². The predicted octanol–water partition coefficient (Wildman–Crippen LogP) is 4.84. The Morgan fingerprint density at radius 3 is 2.83 bits per heavy atom. The maximum Gasteiger partial charge on any atom is 0.121 e. The molecule has 1 N–H and O–H groups in total. The number of halogens is 1. The van der Waals surface area contributed by atoms with E-state index < -0.39 is 0 Å². The smallest absolute Gasteiger partial charge is 0.121 e. The number of anilines is 1. The molecular formula is C15H22BrNO. The quantitative estimate of drug-likeness (QED) is 0.859. The van der Waals surface area contributed by atoms with E-state index in [0.717, 1.165) is 21.8 Å². The van der Waals surface area contributed by atoms with Crippen LogP contribution in [0.25, 0.3) is 0 Å². The Balaban J connectivity index is 2.11. The molecule has 1 aliphatic carbocycles. The third kappa shape index (κ3) is 3.19. The molecule has 2 atom stereocenters. The minimum atomic E-state index is 0.604. The van der Waals surface area contributed by atoms with Gasteiger partial charge in [0.05, 0.1) is 12.8 Å². The number of hydrogen-bond donors (Lipinski definition) is 1. The van der Waals surface area contributed by atoms with Gasteiger partial charge in [-0.1, -0.05) is 26.2 Å².